The van der Waals surface area contributed by atoms with Crippen molar-refractivity contribution < 1.29 is 55.6 Å². The van der Waals surface area contributed by atoms with E-state index in [9.17, 15) is 35.9 Å². The molecule has 0 bridgehead atoms. The van der Waals surface area contributed by atoms with Gasteiger partial charge in [-0.1, -0.05) is 0 Å². The quantitative estimate of drug-likeness (QED) is 0.756. The van der Waals surface area contributed by atoms with E-state index in [4.69, 9.17) is 10.2 Å². The molecule has 0 aromatic heterocycles. The molecule has 24 heavy (non-hydrogen) atoms. The first-order valence-electron chi connectivity index (χ1n) is 5.84. The van der Waals surface area contributed by atoms with Crippen LogP contribution in [0.1, 0.15) is 20.7 Å². The number of benzene rings is 1. The maximum Gasteiger partial charge on any atom is 0.422 e. The van der Waals surface area contributed by atoms with Crippen LogP contribution in [0.5, 0.6) is 11.5 Å². The molecule has 0 unspecified atom stereocenters. The number of carboxylic acid groups (broad SMARTS) is 2. The summed E-state index contributed by atoms with van der Waals surface area (Å²) < 4.78 is 81.2. The number of alkyl halides is 6. The molecular formula is C12H8F6O6. The molecule has 0 aliphatic carbocycles. The molecule has 0 heterocycles. The molecule has 0 saturated carbocycles. The molecule has 0 spiro atoms. The van der Waals surface area contributed by atoms with Crippen molar-refractivity contribution in [2.45, 2.75) is 12.4 Å². The molecule has 0 fully saturated rings. The minimum Gasteiger partial charge on any atom is -0.484 e. The average molecular weight is 362 g/mol. The van der Waals surface area contributed by atoms with Gasteiger partial charge in [-0.15, -0.1) is 0 Å². The normalized spacial score (nSPS) is 11.9. The summed E-state index contributed by atoms with van der Waals surface area (Å²) in [7, 11) is 0. The van der Waals surface area contributed by atoms with Crippen molar-refractivity contribution >= 4 is 11.9 Å². The van der Waals surface area contributed by atoms with E-state index < -0.39 is 60.1 Å². The average Bonchev–Trinajstić information content (AvgIpc) is 2.40. The van der Waals surface area contributed by atoms with Gasteiger partial charge in [-0.25, -0.2) is 9.59 Å². The van der Waals surface area contributed by atoms with Crippen molar-refractivity contribution in [3.05, 3.63) is 23.3 Å². The first-order chi connectivity index (χ1) is 10.8. The molecular weight excluding hydrogens is 354 g/mol. The molecule has 6 nitrogen and oxygen atoms in total. The Morgan fingerprint density at radius 3 is 1.54 bits per heavy atom. The topological polar surface area (TPSA) is 93.1 Å². The monoisotopic (exact) mass is 362 g/mol. The van der Waals surface area contributed by atoms with Crippen molar-refractivity contribution in [3.8, 4) is 11.5 Å². The molecule has 1 rings (SSSR count). The van der Waals surface area contributed by atoms with Crippen LogP contribution in [0.4, 0.5) is 26.3 Å². The highest BCUT2D eigenvalue weighted by atomic mass is 19.4. The standard InChI is InChI=1S/C12H8F6O6/c13-11(14,15)3-23-5-1-6(9(19)20)8(7(2-5)10(21)22)24-4-12(16,17)18/h1-2H,3-4H2,(H,19,20)(H,21,22). The molecule has 1 aromatic rings. The zero-order valence-electron chi connectivity index (χ0n) is 11.4. The largest absolute Gasteiger partial charge is 0.484 e. The summed E-state index contributed by atoms with van der Waals surface area (Å²) in [5, 5.41) is 17.8. The van der Waals surface area contributed by atoms with Gasteiger partial charge in [0, 0.05) is 0 Å². The number of rotatable bonds is 6. The van der Waals surface area contributed by atoms with Crippen LogP contribution >= 0.6 is 0 Å². The Bertz CT molecular complexity index is 601. The van der Waals surface area contributed by atoms with Gasteiger partial charge < -0.3 is 19.7 Å². The van der Waals surface area contributed by atoms with E-state index in [1.54, 1.807) is 0 Å². The molecule has 134 valence electrons. The molecule has 1 aromatic carbocycles. The lowest BCUT2D eigenvalue weighted by molar-refractivity contribution is -0.154. The van der Waals surface area contributed by atoms with Gasteiger partial charge in [-0.3, -0.25) is 0 Å². The van der Waals surface area contributed by atoms with E-state index in [0.717, 1.165) is 0 Å². The number of hydrogen-bond acceptors (Lipinski definition) is 4. The molecule has 0 atom stereocenters. The highest BCUT2D eigenvalue weighted by Gasteiger charge is 2.32. The first kappa shape index (κ1) is 19.4. The number of ether oxygens (including phenoxy) is 2. The van der Waals surface area contributed by atoms with Crippen LogP contribution in [0.25, 0.3) is 0 Å². The Balaban J connectivity index is 3.30. The second-order valence-corrected chi connectivity index (χ2v) is 4.27. The molecule has 12 heteroatoms. The van der Waals surface area contributed by atoms with Gasteiger partial charge in [0.1, 0.15) is 22.6 Å². The van der Waals surface area contributed by atoms with E-state index in [2.05, 4.69) is 9.47 Å². The zero-order valence-corrected chi connectivity index (χ0v) is 11.4. The summed E-state index contributed by atoms with van der Waals surface area (Å²) in [6.07, 6.45) is -9.69. The maximum atomic E-state index is 12.2. The fourth-order valence-electron chi connectivity index (χ4n) is 1.48. The Hall–Kier alpha value is -2.66. The lowest BCUT2D eigenvalue weighted by atomic mass is 10.1. The second-order valence-electron chi connectivity index (χ2n) is 4.27. The maximum absolute atomic E-state index is 12.2. The number of hydrogen-bond donors (Lipinski definition) is 2. The van der Waals surface area contributed by atoms with Crippen molar-refractivity contribution in [1.82, 2.24) is 0 Å². The minimum absolute atomic E-state index is 0.437. The Morgan fingerprint density at radius 1 is 0.833 bits per heavy atom. The first-order valence-corrected chi connectivity index (χ1v) is 5.84. The smallest absolute Gasteiger partial charge is 0.422 e. The van der Waals surface area contributed by atoms with Crippen molar-refractivity contribution in [3.63, 3.8) is 0 Å². The third kappa shape index (κ3) is 5.85. The predicted octanol–water partition coefficient (Wildman–Crippen LogP) is 2.97. The van der Waals surface area contributed by atoms with Crippen molar-refractivity contribution in [1.29, 1.82) is 0 Å². The molecule has 0 amide bonds. The number of carbonyl (C=O) groups is 2. The van der Waals surface area contributed by atoms with Gasteiger partial charge in [-0.2, -0.15) is 26.3 Å². The van der Waals surface area contributed by atoms with Crippen LogP contribution in [0, 0.1) is 0 Å². The number of aromatic carboxylic acids is 2. The van der Waals surface area contributed by atoms with Gasteiger partial charge in [0.25, 0.3) is 0 Å². The Labute approximate surface area is 129 Å². The third-order valence-electron chi connectivity index (χ3n) is 2.31. The van der Waals surface area contributed by atoms with Gasteiger partial charge in [0.2, 0.25) is 0 Å². The molecule has 0 aliphatic rings. The third-order valence-corrected chi connectivity index (χ3v) is 2.31. The van der Waals surface area contributed by atoms with Crippen LogP contribution in [0.15, 0.2) is 12.1 Å². The summed E-state index contributed by atoms with van der Waals surface area (Å²) in [5.41, 5.74) is -2.17. The zero-order chi connectivity index (χ0) is 18.7. The van der Waals surface area contributed by atoms with E-state index in [0.29, 0.717) is 12.1 Å². The van der Waals surface area contributed by atoms with Crippen LogP contribution in [-0.4, -0.2) is 47.7 Å². The Kier molecular flexibility index (Phi) is 5.53. The lowest BCUT2D eigenvalue weighted by Gasteiger charge is -2.16. The number of carboxylic acids is 2. The highest BCUT2D eigenvalue weighted by molar-refractivity contribution is 5.99. The molecule has 0 saturated heterocycles. The fourth-order valence-corrected chi connectivity index (χ4v) is 1.48. The molecule has 2 N–H and O–H groups in total. The van der Waals surface area contributed by atoms with Crippen LogP contribution in [-0.2, 0) is 0 Å². The second kappa shape index (κ2) is 6.84. The van der Waals surface area contributed by atoms with E-state index in [-0.39, 0.29) is 0 Å². The molecule has 0 radical (unpaired) electrons. The predicted molar refractivity (Wildman–Crippen MR) is 63.5 cm³/mol. The van der Waals surface area contributed by atoms with Gasteiger partial charge in [0.15, 0.2) is 13.2 Å². The van der Waals surface area contributed by atoms with Gasteiger partial charge in [0.05, 0.1) is 0 Å². The summed E-state index contributed by atoms with van der Waals surface area (Å²) in [6, 6.07) is 0.873. The van der Waals surface area contributed by atoms with E-state index in [1.807, 2.05) is 0 Å². The van der Waals surface area contributed by atoms with Crippen molar-refractivity contribution in [2.24, 2.45) is 0 Å². The van der Waals surface area contributed by atoms with Gasteiger partial charge in [-0.05, 0) is 12.1 Å². The lowest BCUT2D eigenvalue weighted by Crippen LogP contribution is -2.22. The minimum atomic E-state index is -4.89. The van der Waals surface area contributed by atoms with E-state index >= 15 is 0 Å². The van der Waals surface area contributed by atoms with Crippen LogP contribution < -0.4 is 9.47 Å². The summed E-state index contributed by atoms with van der Waals surface area (Å²) in [6.45, 7) is -3.84. The fraction of sp³-hybridized carbons (Fsp3) is 0.333. The number of halogens is 6. The van der Waals surface area contributed by atoms with Crippen molar-refractivity contribution in [2.75, 3.05) is 13.2 Å². The highest BCUT2D eigenvalue weighted by Crippen LogP contribution is 2.32. The summed E-state index contributed by atoms with van der Waals surface area (Å²) in [4.78, 5) is 22.1. The van der Waals surface area contributed by atoms with Crippen LogP contribution in [0.3, 0.4) is 0 Å². The SMILES string of the molecule is O=C(O)c1cc(OCC(F)(F)F)cc(C(=O)O)c1OCC(F)(F)F. The summed E-state index contributed by atoms with van der Waals surface area (Å²) in [5.74, 6) is -5.77. The Morgan fingerprint density at radius 2 is 1.21 bits per heavy atom. The van der Waals surface area contributed by atoms with E-state index in [1.165, 1.54) is 0 Å². The van der Waals surface area contributed by atoms with Crippen LogP contribution in [0.2, 0.25) is 0 Å². The van der Waals surface area contributed by atoms with Gasteiger partial charge >= 0.3 is 24.3 Å². The molecule has 0 aliphatic heterocycles. The summed E-state index contributed by atoms with van der Waals surface area (Å²) >= 11 is 0.